The van der Waals surface area contributed by atoms with Gasteiger partial charge in [0.25, 0.3) is 0 Å². The first-order valence-electron chi connectivity index (χ1n) is 11.8. The van der Waals surface area contributed by atoms with Gasteiger partial charge >= 0.3 is 12.1 Å². The Morgan fingerprint density at radius 3 is 2.12 bits per heavy atom. The first kappa shape index (κ1) is 29.5. The molecule has 0 bridgehead atoms. The van der Waals surface area contributed by atoms with Gasteiger partial charge in [0.2, 0.25) is 0 Å². The third-order valence-electron chi connectivity index (χ3n) is 4.90. The Balaban J connectivity index is 0.00000124. The predicted molar refractivity (Wildman–Crippen MR) is 131 cm³/mol. The van der Waals surface area contributed by atoms with Gasteiger partial charge in [0, 0.05) is 6.42 Å². The number of hydrogen-bond acceptors (Lipinski definition) is 4. The Kier molecular flexibility index (Phi) is 13.4. The van der Waals surface area contributed by atoms with Crippen molar-refractivity contribution < 1.29 is 19.1 Å². The molecule has 0 spiro atoms. The normalized spacial score (nSPS) is 23.9. The van der Waals surface area contributed by atoms with Crippen molar-refractivity contribution in [2.75, 3.05) is 0 Å². The number of esters is 1. The zero-order valence-electron chi connectivity index (χ0n) is 21.3. The van der Waals surface area contributed by atoms with E-state index in [2.05, 4.69) is 33.6 Å². The minimum absolute atomic E-state index is 0.0691. The van der Waals surface area contributed by atoms with Crippen molar-refractivity contribution in [2.45, 2.75) is 105 Å². The second-order valence-corrected chi connectivity index (χ2v) is 8.80. The number of terminal acetylenes is 1. The minimum Gasteiger partial charge on any atom is -0.460 e. The molecule has 2 aliphatic heterocycles. The van der Waals surface area contributed by atoms with Crippen LogP contribution in [-0.4, -0.2) is 34.7 Å². The molecule has 32 heavy (non-hydrogen) atoms. The number of likely N-dealkylation sites (tertiary alicyclic amines) is 1. The van der Waals surface area contributed by atoms with Gasteiger partial charge in [0.15, 0.2) is 0 Å². The van der Waals surface area contributed by atoms with E-state index in [-0.39, 0.29) is 36.2 Å². The summed E-state index contributed by atoms with van der Waals surface area (Å²) >= 11 is 0. The van der Waals surface area contributed by atoms with E-state index in [9.17, 15) is 9.59 Å². The molecule has 2 aliphatic rings. The van der Waals surface area contributed by atoms with Gasteiger partial charge in [-0.2, -0.15) is 0 Å². The quantitative estimate of drug-likeness (QED) is 0.372. The number of carbonyl (C=O) groups is 2. The number of amides is 1. The Morgan fingerprint density at radius 1 is 1.16 bits per heavy atom. The minimum atomic E-state index is -0.568. The Morgan fingerprint density at radius 2 is 1.69 bits per heavy atom. The van der Waals surface area contributed by atoms with E-state index in [4.69, 9.17) is 9.47 Å². The van der Waals surface area contributed by atoms with Gasteiger partial charge < -0.3 is 9.47 Å². The van der Waals surface area contributed by atoms with Crippen LogP contribution in [0.3, 0.4) is 0 Å². The molecule has 0 radical (unpaired) electrons. The Hall–Kier alpha value is -2.48. The van der Waals surface area contributed by atoms with Crippen LogP contribution < -0.4 is 0 Å². The van der Waals surface area contributed by atoms with E-state index >= 15 is 0 Å². The molecule has 0 aromatic heterocycles. The van der Waals surface area contributed by atoms with Gasteiger partial charge in [-0.05, 0) is 45.1 Å². The topological polar surface area (TPSA) is 55.8 Å². The molecule has 1 aromatic rings. The van der Waals surface area contributed by atoms with Crippen LogP contribution >= 0.6 is 0 Å². The summed E-state index contributed by atoms with van der Waals surface area (Å²) in [6, 6.07) is 9.82. The molecular weight excluding hydrogens is 402 g/mol. The lowest BCUT2D eigenvalue weighted by Crippen LogP contribution is -2.46. The molecule has 1 amide bonds. The fourth-order valence-corrected chi connectivity index (χ4v) is 3.96. The largest absolute Gasteiger partial charge is 0.460 e. The third kappa shape index (κ3) is 8.57. The Labute approximate surface area is 195 Å². The van der Waals surface area contributed by atoms with Gasteiger partial charge in [-0.15, -0.1) is 12.8 Å². The van der Waals surface area contributed by atoms with Crippen LogP contribution in [0.4, 0.5) is 4.79 Å². The second kappa shape index (κ2) is 14.6. The molecule has 3 rings (SSSR count). The monoisotopic (exact) mass is 445 g/mol. The van der Waals surface area contributed by atoms with Gasteiger partial charge in [-0.25, -0.2) is 4.79 Å². The summed E-state index contributed by atoms with van der Waals surface area (Å²) in [5, 5.41) is 0. The molecule has 2 heterocycles. The van der Waals surface area contributed by atoms with E-state index in [1.807, 2.05) is 69.9 Å². The van der Waals surface area contributed by atoms with Crippen LogP contribution in [0.2, 0.25) is 0 Å². The summed E-state index contributed by atoms with van der Waals surface area (Å²) in [7, 11) is 0. The number of rotatable bonds is 2. The highest BCUT2D eigenvalue weighted by Gasteiger charge is 2.49. The first-order valence-corrected chi connectivity index (χ1v) is 11.8. The van der Waals surface area contributed by atoms with Gasteiger partial charge in [0.05, 0.1) is 12.1 Å². The van der Waals surface area contributed by atoms with Crippen molar-refractivity contribution in [2.24, 2.45) is 5.92 Å². The highest BCUT2D eigenvalue weighted by atomic mass is 16.6. The third-order valence-corrected chi connectivity index (χ3v) is 4.90. The van der Waals surface area contributed by atoms with Gasteiger partial charge in [-0.1, -0.05) is 71.4 Å². The van der Waals surface area contributed by atoms with Crippen molar-refractivity contribution in [1.82, 2.24) is 4.90 Å². The number of hydrogen-bond donors (Lipinski definition) is 0. The SMILES string of the molecule is C#C.CC.CCC.C[C@@H]1C[C@@H](C2CCC(=O)O2)N(C(=O)OC(C)(C)C)[C@@H]1c1ccccc1. The van der Waals surface area contributed by atoms with Crippen molar-refractivity contribution in [3.8, 4) is 12.8 Å². The standard InChI is InChI=1S/C20H27NO4.C3H8.C2H6.C2H2/c1-13-12-15(16-10-11-17(22)24-16)21(19(23)25-20(2,3)4)18(13)14-8-6-5-7-9-14;1-3-2;2*1-2/h5-9,13,15-16,18H,10-12H2,1-4H3;3H2,1-2H3;1-2H3;1-2H/t13-,15+,16?,18+;;;/m1.../s1. The molecule has 5 nitrogen and oxygen atoms in total. The smallest absolute Gasteiger partial charge is 0.411 e. The maximum Gasteiger partial charge on any atom is 0.411 e. The summed E-state index contributed by atoms with van der Waals surface area (Å²) in [4.78, 5) is 26.4. The van der Waals surface area contributed by atoms with E-state index < -0.39 is 5.60 Å². The number of nitrogens with zero attached hydrogens (tertiary/aromatic N) is 1. The molecule has 5 heteroatoms. The van der Waals surface area contributed by atoms with Crippen LogP contribution in [0.1, 0.15) is 92.7 Å². The van der Waals surface area contributed by atoms with E-state index in [1.54, 1.807) is 0 Å². The molecule has 2 saturated heterocycles. The van der Waals surface area contributed by atoms with E-state index in [1.165, 1.54) is 6.42 Å². The summed E-state index contributed by atoms with van der Waals surface area (Å²) in [6.45, 7) is 16.0. The summed E-state index contributed by atoms with van der Waals surface area (Å²) < 4.78 is 11.2. The van der Waals surface area contributed by atoms with Crippen molar-refractivity contribution in [3.05, 3.63) is 35.9 Å². The molecule has 180 valence electrons. The lowest BCUT2D eigenvalue weighted by molar-refractivity contribution is -0.143. The average Bonchev–Trinajstić information content (AvgIpc) is 3.34. The number of cyclic esters (lactones) is 1. The zero-order valence-corrected chi connectivity index (χ0v) is 21.3. The number of ether oxygens (including phenoxy) is 2. The van der Waals surface area contributed by atoms with Gasteiger partial charge in [0.1, 0.15) is 11.7 Å². The van der Waals surface area contributed by atoms with Gasteiger partial charge in [-0.3, -0.25) is 9.69 Å². The lowest BCUT2D eigenvalue weighted by atomic mass is 9.94. The summed E-state index contributed by atoms with van der Waals surface area (Å²) in [6.07, 6.45) is 10.6. The molecule has 1 unspecified atom stereocenters. The van der Waals surface area contributed by atoms with Crippen molar-refractivity contribution >= 4 is 12.1 Å². The van der Waals surface area contributed by atoms with E-state index in [0.717, 1.165) is 12.0 Å². The van der Waals surface area contributed by atoms with Crippen LogP contribution in [0, 0.1) is 18.8 Å². The number of benzene rings is 1. The molecule has 2 fully saturated rings. The van der Waals surface area contributed by atoms with Crippen LogP contribution in [0.15, 0.2) is 30.3 Å². The molecule has 0 N–H and O–H groups in total. The molecule has 0 saturated carbocycles. The van der Waals surface area contributed by atoms with Crippen LogP contribution in [0.5, 0.6) is 0 Å². The maximum atomic E-state index is 13.0. The molecule has 0 aliphatic carbocycles. The van der Waals surface area contributed by atoms with Crippen LogP contribution in [-0.2, 0) is 14.3 Å². The fraction of sp³-hybridized carbons (Fsp3) is 0.630. The van der Waals surface area contributed by atoms with Crippen molar-refractivity contribution in [3.63, 3.8) is 0 Å². The van der Waals surface area contributed by atoms with E-state index in [0.29, 0.717) is 12.8 Å². The fourth-order valence-electron chi connectivity index (χ4n) is 3.96. The molecule has 4 atom stereocenters. The summed E-state index contributed by atoms with van der Waals surface area (Å²) in [5.41, 5.74) is 0.522. The highest BCUT2D eigenvalue weighted by molar-refractivity contribution is 5.73. The predicted octanol–water partition coefficient (Wildman–Crippen LogP) is 6.77. The lowest BCUT2D eigenvalue weighted by Gasteiger charge is -2.35. The average molecular weight is 446 g/mol. The number of carbonyl (C=O) groups excluding carboxylic acids is 2. The second-order valence-electron chi connectivity index (χ2n) is 8.80. The maximum absolute atomic E-state index is 13.0. The summed E-state index contributed by atoms with van der Waals surface area (Å²) in [5.74, 6) is 0.0872. The first-order chi connectivity index (χ1) is 15.2. The zero-order chi connectivity index (χ0) is 24.9. The van der Waals surface area contributed by atoms with Crippen LogP contribution in [0.25, 0.3) is 0 Å². The Bertz CT molecular complexity index is 693. The van der Waals surface area contributed by atoms with Crippen molar-refractivity contribution in [1.29, 1.82) is 0 Å². The highest BCUT2D eigenvalue weighted by Crippen LogP contribution is 2.44. The molecular formula is C27H43NO4. The molecule has 1 aromatic carbocycles.